The van der Waals surface area contributed by atoms with Gasteiger partial charge in [-0.25, -0.2) is 0 Å². The quantitative estimate of drug-likeness (QED) is 0.336. The fraction of sp³-hybridized carbons (Fsp3) is 0. The van der Waals surface area contributed by atoms with Gasteiger partial charge in [0.05, 0.1) is 0 Å². The minimum Gasteiger partial charge on any atom is -0.807 e. The van der Waals surface area contributed by atoms with Gasteiger partial charge in [-0.1, -0.05) is 0 Å². The Morgan fingerprint density at radius 3 is 0.667 bits per heavy atom. The van der Waals surface area contributed by atoms with Crippen LogP contribution in [0.25, 0.3) is 0 Å². The summed E-state index contributed by atoms with van der Waals surface area (Å²) in [6, 6.07) is 0. The SMILES string of the molecule is O=P([O-])([O-])P(=O)([O-])[O-].[Na+].[Na+].[Na+].[Na+]. The van der Waals surface area contributed by atoms with E-state index in [0.717, 1.165) is 0 Å². The minimum atomic E-state index is -5.91. The van der Waals surface area contributed by atoms with E-state index in [-0.39, 0.29) is 118 Å². The second kappa shape index (κ2) is 11.8. The topological polar surface area (TPSA) is 126 Å². The first-order valence-corrected chi connectivity index (χ1v) is 5.09. The van der Waals surface area contributed by atoms with Gasteiger partial charge in [0.15, 0.2) is 0 Å². The molecule has 0 heterocycles. The van der Waals surface area contributed by atoms with Crippen LogP contribution in [0.15, 0.2) is 0 Å². The predicted molar refractivity (Wildman–Crippen MR) is 15.2 cm³/mol. The summed E-state index contributed by atoms with van der Waals surface area (Å²) < 4.78 is 18.5. The Hall–Kier alpha value is 4.30. The summed E-state index contributed by atoms with van der Waals surface area (Å²) in [7, 11) is -11.8. The van der Waals surface area contributed by atoms with Crippen molar-refractivity contribution in [1.82, 2.24) is 0 Å². The van der Waals surface area contributed by atoms with Crippen molar-refractivity contribution in [1.29, 1.82) is 0 Å². The van der Waals surface area contributed by atoms with Crippen LogP contribution in [-0.2, 0) is 9.13 Å². The summed E-state index contributed by atoms with van der Waals surface area (Å²) in [5.74, 6) is 0. The van der Waals surface area contributed by atoms with E-state index in [4.69, 9.17) is 0 Å². The molecule has 6 nitrogen and oxygen atoms in total. The molecule has 0 saturated heterocycles. The van der Waals surface area contributed by atoms with E-state index < -0.39 is 14.6 Å². The molecule has 0 fully saturated rings. The molecule has 12 heteroatoms. The zero-order chi connectivity index (χ0) is 7.00. The van der Waals surface area contributed by atoms with Crippen molar-refractivity contribution in [3.05, 3.63) is 0 Å². The van der Waals surface area contributed by atoms with Crippen LogP contribution in [0.1, 0.15) is 0 Å². The smallest absolute Gasteiger partial charge is 0.807 e. The van der Waals surface area contributed by atoms with Gasteiger partial charge >= 0.3 is 118 Å². The zero-order valence-corrected chi connectivity index (χ0v) is 17.1. The normalized spacial score (nSPS) is 9.33. The molecule has 0 bridgehead atoms. The van der Waals surface area contributed by atoms with E-state index in [2.05, 4.69) is 0 Å². The standard InChI is InChI=1S/4Na.H4O6P2/c;;;;1-7(2,3)8(4,5)6/h;;;;(H2,1,2,3)(H2,4,5,6)/q4*+1;/p-4. The molecular formula is Na4O6P2. The van der Waals surface area contributed by atoms with Gasteiger partial charge in [0.25, 0.3) is 0 Å². The van der Waals surface area contributed by atoms with E-state index in [1.54, 1.807) is 0 Å². The largest absolute Gasteiger partial charge is 1.00 e. The van der Waals surface area contributed by atoms with Crippen molar-refractivity contribution in [3.8, 4) is 0 Å². The summed E-state index contributed by atoms with van der Waals surface area (Å²) >= 11 is 0. The van der Waals surface area contributed by atoms with Gasteiger partial charge in [0.1, 0.15) is 0 Å². The van der Waals surface area contributed by atoms with E-state index in [1.807, 2.05) is 0 Å². The molecule has 0 aromatic rings. The van der Waals surface area contributed by atoms with Crippen LogP contribution >= 0.6 is 14.6 Å². The van der Waals surface area contributed by atoms with Gasteiger partial charge in [-0.2, -0.15) is 0 Å². The molecule has 0 amide bonds. The van der Waals surface area contributed by atoms with Crippen LogP contribution < -0.4 is 138 Å². The first-order chi connectivity index (χ1) is 3.25. The zero-order valence-electron chi connectivity index (χ0n) is 7.34. The molecule has 0 atom stereocenters. The first kappa shape index (κ1) is 29.9. The fourth-order valence-electron chi connectivity index (χ4n) is 0. The monoisotopic (exact) mass is 250 g/mol. The van der Waals surface area contributed by atoms with Crippen molar-refractivity contribution < 1.29 is 147 Å². The number of hydrogen-bond acceptors (Lipinski definition) is 6. The molecule has 50 valence electrons. The third-order valence-corrected chi connectivity index (χ3v) is 2.70. The van der Waals surface area contributed by atoms with Gasteiger partial charge in [-0.3, -0.25) is 0 Å². The second-order valence-corrected chi connectivity index (χ2v) is 5.75. The molecule has 12 heavy (non-hydrogen) atoms. The van der Waals surface area contributed by atoms with E-state index in [0.29, 0.717) is 0 Å². The van der Waals surface area contributed by atoms with Gasteiger partial charge in [0.2, 0.25) is 0 Å². The Morgan fingerprint density at radius 2 is 0.667 bits per heavy atom. The van der Waals surface area contributed by atoms with Gasteiger partial charge in [-0.15, -0.1) is 0 Å². The molecule has 0 N–H and O–H groups in total. The second-order valence-electron chi connectivity index (χ2n) is 0.937. The van der Waals surface area contributed by atoms with Gasteiger partial charge in [-0.05, 0) is 14.6 Å². The Labute approximate surface area is 158 Å². The maximum Gasteiger partial charge on any atom is 1.00 e. The average molecular weight is 250 g/mol. The summed E-state index contributed by atoms with van der Waals surface area (Å²) in [5, 5.41) is 0. The molecule has 0 aromatic heterocycles. The summed E-state index contributed by atoms with van der Waals surface area (Å²) in [6.07, 6.45) is 0. The van der Waals surface area contributed by atoms with Crippen LogP contribution in [0.4, 0.5) is 0 Å². The first-order valence-electron chi connectivity index (χ1n) is 1.30. The van der Waals surface area contributed by atoms with Crippen molar-refractivity contribution in [3.63, 3.8) is 0 Å². The molecule has 0 rings (SSSR count). The van der Waals surface area contributed by atoms with Crippen LogP contribution in [0, 0.1) is 0 Å². The third-order valence-electron chi connectivity index (χ3n) is 0.300. The van der Waals surface area contributed by atoms with Crippen molar-refractivity contribution in [2.24, 2.45) is 0 Å². The summed E-state index contributed by atoms with van der Waals surface area (Å²) in [6.45, 7) is 0. The van der Waals surface area contributed by atoms with Crippen molar-refractivity contribution in [2.45, 2.75) is 0 Å². The van der Waals surface area contributed by atoms with E-state index in [1.165, 1.54) is 0 Å². The predicted octanol–water partition coefficient (Wildman–Crippen LogP) is -15.3. The summed E-state index contributed by atoms with van der Waals surface area (Å²) in [4.78, 5) is 36.9. The van der Waals surface area contributed by atoms with E-state index in [9.17, 15) is 28.7 Å². The van der Waals surface area contributed by atoms with Crippen LogP contribution in [0.3, 0.4) is 0 Å². The molecule has 0 aliphatic heterocycles. The Bertz CT molecular complexity index is 146. The maximum atomic E-state index is 9.24. The summed E-state index contributed by atoms with van der Waals surface area (Å²) in [5.41, 5.74) is 0. The fourth-order valence-corrected chi connectivity index (χ4v) is 0. The van der Waals surface area contributed by atoms with Crippen LogP contribution in [0.5, 0.6) is 0 Å². The molecule has 0 aliphatic rings. The maximum absolute atomic E-state index is 9.24. The number of hydrogen-bond donors (Lipinski definition) is 0. The van der Waals surface area contributed by atoms with Crippen molar-refractivity contribution in [2.75, 3.05) is 0 Å². The molecule has 0 spiro atoms. The third kappa shape index (κ3) is 14.3. The molecule has 0 saturated carbocycles. The molecule has 0 aromatic carbocycles. The van der Waals surface area contributed by atoms with E-state index >= 15 is 0 Å². The van der Waals surface area contributed by atoms with Gasteiger partial charge in [0, 0.05) is 0 Å². The Kier molecular flexibility index (Phi) is 29.3. The molecular weight excluding hydrogens is 250 g/mol. The van der Waals surface area contributed by atoms with Crippen molar-refractivity contribution >= 4 is 14.6 Å². The average Bonchev–Trinajstić information content (AvgIpc) is 1.25. The Balaban J connectivity index is -0.0000000408. The number of rotatable bonds is 1. The Morgan fingerprint density at radius 1 is 0.583 bits per heavy atom. The van der Waals surface area contributed by atoms with Crippen LogP contribution in [-0.4, -0.2) is 0 Å². The molecule has 0 unspecified atom stereocenters. The minimum absolute atomic E-state index is 0. The molecule has 0 radical (unpaired) electrons. The van der Waals surface area contributed by atoms with Crippen LogP contribution in [0.2, 0.25) is 0 Å². The molecule has 0 aliphatic carbocycles. The van der Waals surface area contributed by atoms with Gasteiger partial charge < -0.3 is 28.7 Å².